The summed E-state index contributed by atoms with van der Waals surface area (Å²) in [5.41, 5.74) is 0.384. The van der Waals surface area contributed by atoms with Crippen molar-refractivity contribution in [1.82, 2.24) is 5.32 Å². The van der Waals surface area contributed by atoms with Crippen LogP contribution in [-0.4, -0.2) is 25.6 Å². The lowest BCUT2D eigenvalue weighted by molar-refractivity contribution is -0.124. The number of hydrogen-bond acceptors (Lipinski definition) is 5. The maximum absolute atomic E-state index is 12.3. The van der Waals surface area contributed by atoms with Crippen LogP contribution >= 0.6 is 0 Å². The molecule has 6 nitrogen and oxygen atoms in total. The van der Waals surface area contributed by atoms with Crippen LogP contribution in [0.15, 0.2) is 59.2 Å². The summed E-state index contributed by atoms with van der Waals surface area (Å²) in [4.78, 5) is 24.1. The van der Waals surface area contributed by atoms with Crippen molar-refractivity contribution in [3.63, 3.8) is 0 Å². The number of hydrogen-bond donors (Lipinski definition) is 1. The van der Waals surface area contributed by atoms with Gasteiger partial charge in [0.1, 0.15) is 11.5 Å². The summed E-state index contributed by atoms with van der Waals surface area (Å²) < 4.78 is 15.5. The van der Waals surface area contributed by atoms with Gasteiger partial charge in [0, 0.05) is 5.39 Å². The molecule has 0 atom stereocenters. The van der Waals surface area contributed by atoms with E-state index in [0.717, 1.165) is 5.39 Å². The Balaban J connectivity index is 1.65. The van der Waals surface area contributed by atoms with E-state index in [9.17, 15) is 9.59 Å². The van der Waals surface area contributed by atoms with E-state index in [0.29, 0.717) is 22.5 Å². The molecule has 0 aliphatic heterocycles. The van der Waals surface area contributed by atoms with E-state index in [1.807, 2.05) is 24.3 Å². The molecule has 0 saturated carbocycles. The minimum atomic E-state index is -0.563. The molecule has 3 aromatic rings. The molecule has 25 heavy (non-hydrogen) atoms. The van der Waals surface area contributed by atoms with Crippen molar-refractivity contribution in [3.8, 4) is 5.75 Å². The van der Waals surface area contributed by atoms with Crippen LogP contribution in [0.2, 0.25) is 0 Å². The molecule has 0 saturated heterocycles. The summed E-state index contributed by atoms with van der Waals surface area (Å²) in [7, 11) is 1.57. The molecule has 1 N–H and O–H groups in total. The fraction of sp³-hybridized carbons (Fsp3) is 0.158. The largest absolute Gasteiger partial charge is 0.496 e. The number of rotatable bonds is 6. The van der Waals surface area contributed by atoms with Crippen LogP contribution in [0.4, 0.5) is 0 Å². The molecule has 1 heterocycles. The minimum Gasteiger partial charge on any atom is -0.496 e. The van der Waals surface area contributed by atoms with Gasteiger partial charge in [-0.15, -0.1) is 0 Å². The molecule has 0 radical (unpaired) electrons. The fourth-order valence-corrected chi connectivity index (χ4v) is 2.49. The van der Waals surface area contributed by atoms with Crippen molar-refractivity contribution in [2.45, 2.75) is 6.54 Å². The van der Waals surface area contributed by atoms with Crippen molar-refractivity contribution in [2.75, 3.05) is 13.7 Å². The van der Waals surface area contributed by atoms with Crippen LogP contribution in [0.25, 0.3) is 10.8 Å². The van der Waals surface area contributed by atoms with Crippen LogP contribution in [0, 0.1) is 0 Å². The first-order chi connectivity index (χ1) is 12.2. The monoisotopic (exact) mass is 339 g/mol. The molecule has 1 aromatic heterocycles. The Morgan fingerprint density at radius 2 is 1.84 bits per heavy atom. The highest BCUT2D eigenvalue weighted by Crippen LogP contribution is 2.28. The molecule has 3 rings (SSSR count). The van der Waals surface area contributed by atoms with E-state index in [1.54, 1.807) is 31.4 Å². The first kappa shape index (κ1) is 16.6. The molecular formula is C19H17NO5. The summed E-state index contributed by atoms with van der Waals surface area (Å²) in [6.07, 6.45) is 1.52. The van der Waals surface area contributed by atoms with Crippen LogP contribution in [0.1, 0.15) is 16.1 Å². The Labute approximate surface area is 144 Å². The molecule has 6 heteroatoms. The minimum absolute atomic E-state index is 0.245. The SMILES string of the molecule is COc1ccc(C(=O)OCC(=O)NCc2ccco2)c2ccccc12. The zero-order chi connectivity index (χ0) is 17.6. The van der Waals surface area contributed by atoms with E-state index >= 15 is 0 Å². The topological polar surface area (TPSA) is 77.8 Å². The number of carbonyl (C=O) groups excluding carboxylic acids is 2. The van der Waals surface area contributed by atoms with Gasteiger partial charge in [-0.05, 0) is 29.7 Å². The zero-order valence-corrected chi connectivity index (χ0v) is 13.7. The molecule has 0 aliphatic rings. The Morgan fingerprint density at radius 1 is 1.04 bits per heavy atom. The van der Waals surface area contributed by atoms with Crippen LogP contribution in [-0.2, 0) is 16.1 Å². The zero-order valence-electron chi connectivity index (χ0n) is 13.7. The van der Waals surface area contributed by atoms with E-state index < -0.39 is 11.9 Å². The summed E-state index contributed by atoms with van der Waals surface area (Å²) in [5, 5.41) is 4.14. The average Bonchev–Trinajstić information content (AvgIpc) is 3.17. The Bertz CT molecular complexity index is 886. The van der Waals surface area contributed by atoms with Crippen molar-refractivity contribution in [3.05, 3.63) is 66.1 Å². The predicted molar refractivity (Wildman–Crippen MR) is 91.3 cm³/mol. The lowest BCUT2D eigenvalue weighted by Crippen LogP contribution is -2.28. The number of methoxy groups -OCH3 is 1. The third kappa shape index (κ3) is 3.80. The molecule has 0 bridgehead atoms. The van der Waals surface area contributed by atoms with Gasteiger partial charge in [0.25, 0.3) is 5.91 Å². The molecule has 0 spiro atoms. The number of esters is 1. The van der Waals surface area contributed by atoms with Gasteiger partial charge in [0.05, 0.1) is 25.5 Å². The third-order valence-corrected chi connectivity index (χ3v) is 3.70. The van der Waals surface area contributed by atoms with Crippen LogP contribution < -0.4 is 10.1 Å². The lowest BCUT2D eigenvalue weighted by Gasteiger charge is -2.10. The lowest BCUT2D eigenvalue weighted by atomic mass is 10.0. The number of fused-ring (bicyclic) bond motifs is 1. The summed E-state index contributed by atoms with van der Waals surface area (Å²) >= 11 is 0. The van der Waals surface area contributed by atoms with Gasteiger partial charge in [-0.1, -0.05) is 24.3 Å². The third-order valence-electron chi connectivity index (χ3n) is 3.70. The molecular weight excluding hydrogens is 322 g/mol. The van der Waals surface area contributed by atoms with E-state index in [1.165, 1.54) is 6.26 Å². The maximum atomic E-state index is 12.3. The molecule has 0 aliphatic carbocycles. The number of amides is 1. The number of nitrogens with one attached hydrogen (secondary N) is 1. The molecule has 0 unspecified atom stereocenters. The van der Waals surface area contributed by atoms with Crippen molar-refractivity contribution in [2.24, 2.45) is 0 Å². The van der Waals surface area contributed by atoms with Crippen molar-refractivity contribution < 1.29 is 23.5 Å². The second-order valence-electron chi connectivity index (χ2n) is 5.29. The van der Waals surface area contributed by atoms with Gasteiger partial charge in [-0.25, -0.2) is 4.79 Å². The summed E-state index contributed by atoms with van der Waals surface area (Å²) in [6.45, 7) is -0.116. The van der Waals surface area contributed by atoms with Crippen molar-refractivity contribution in [1.29, 1.82) is 0 Å². The van der Waals surface area contributed by atoms with E-state index in [4.69, 9.17) is 13.9 Å². The second kappa shape index (κ2) is 7.53. The van der Waals surface area contributed by atoms with E-state index in [2.05, 4.69) is 5.32 Å². The van der Waals surface area contributed by atoms with Gasteiger partial charge >= 0.3 is 5.97 Å². The fourth-order valence-electron chi connectivity index (χ4n) is 2.49. The van der Waals surface area contributed by atoms with Gasteiger partial charge in [0.15, 0.2) is 6.61 Å². The first-order valence-corrected chi connectivity index (χ1v) is 7.71. The highest BCUT2D eigenvalue weighted by atomic mass is 16.5. The van der Waals surface area contributed by atoms with E-state index in [-0.39, 0.29) is 13.2 Å². The van der Waals surface area contributed by atoms with Crippen molar-refractivity contribution >= 4 is 22.6 Å². The molecule has 1 amide bonds. The Kier molecular flexibility index (Phi) is 4.99. The standard InChI is InChI=1S/C19H17NO5/c1-23-17-9-8-16(14-6-2-3-7-15(14)17)19(22)25-12-18(21)20-11-13-5-4-10-24-13/h2-10H,11-12H2,1H3,(H,20,21). The number of furan rings is 1. The van der Waals surface area contributed by atoms with Gasteiger partial charge < -0.3 is 19.2 Å². The molecule has 2 aromatic carbocycles. The average molecular weight is 339 g/mol. The molecule has 0 fully saturated rings. The number of benzene rings is 2. The maximum Gasteiger partial charge on any atom is 0.339 e. The summed E-state index contributed by atoms with van der Waals surface area (Å²) in [5.74, 6) is 0.332. The summed E-state index contributed by atoms with van der Waals surface area (Å²) in [6, 6.07) is 14.2. The van der Waals surface area contributed by atoms with Crippen LogP contribution in [0.5, 0.6) is 5.75 Å². The van der Waals surface area contributed by atoms with Gasteiger partial charge in [0.2, 0.25) is 0 Å². The second-order valence-corrected chi connectivity index (χ2v) is 5.29. The predicted octanol–water partition coefficient (Wildman–Crippen LogP) is 2.91. The number of carbonyl (C=O) groups is 2. The molecule has 128 valence electrons. The smallest absolute Gasteiger partial charge is 0.339 e. The number of ether oxygens (including phenoxy) is 2. The normalized spacial score (nSPS) is 10.4. The van der Waals surface area contributed by atoms with Crippen LogP contribution in [0.3, 0.4) is 0 Å². The highest BCUT2D eigenvalue weighted by Gasteiger charge is 2.15. The van der Waals surface area contributed by atoms with Gasteiger partial charge in [-0.2, -0.15) is 0 Å². The Morgan fingerprint density at radius 3 is 2.56 bits per heavy atom. The highest BCUT2D eigenvalue weighted by molar-refractivity contribution is 6.06. The Hall–Kier alpha value is -3.28. The quantitative estimate of drug-likeness (QED) is 0.699. The van der Waals surface area contributed by atoms with Gasteiger partial charge in [-0.3, -0.25) is 4.79 Å². The first-order valence-electron chi connectivity index (χ1n) is 7.71.